The number of nitrogens with one attached hydrogen (secondary N) is 1. The van der Waals surface area contributed by atoms with Gasteiger partial charge < -0.3 is 15.3 Å². The lowest BCUT2D eigenvalue weighted by atomic mass is 10.0. The molecule has 184 valence electrons. The summed E-state index contributed by atoms with van der Waals surface area (Å²) in [5.41, 5.74) is 2.05. The first kappa shape index (κ1) is 25.9. The largest absolute Gasteiger partial charge is 0.481 e. The number of piperazine rings is 1. The number of rotatable bonds is 8. The summed E-state index contributed by atoms with van der Waals surface area (Å²) in [5.74, 6) is -1.40. The monoisotopic (exact) mass is 507 g/mol. The fourth-order valence-electron chi connectivity index (χ4n) is 3.74. The molecule has 1 aromatic carbocycles. The molecule has 1 saturated heterocycles. The number of amides is 2. The van der Waals surface area contributed by atoms with Gasteiger partial charge in [0.25, 0.3) is 10.0 Å². The van der Waals surface area contributed by atoms with Gasteiger partial charge in [0.2, 0.25) is 11.8 Å². The topological polar surface area (TPSA) is 124 Å². The van der Waals surface area contributed by atoms with Crippen LogP contribution in [0, 0.1) is 0 Å². The number of carbonyl (C=O) groups excluding carboxylic acids is 2. The van der Waals surface area contributed by atoms with E-state index in [1.165, 1.54) is 29.5 Å². The molecule has 1 unspecified atom stereocenters. The molecule has 0 spiro atoms. The molecule has 2 heterocycles. The summed E-state index contributed by atoms with van der Waals surface area (Å²) in [6.45, 7) is 5.87. The Kier molecular flexibility index (Phi) is 8.11. The van der Waals surface area contributed by atoms with E-state index < -0.39 is 27.9 Å². The van der Waals surface area contributed by atoms with Crippen molar-refractivity contribution in [1.29, 1.82) is 0 Å². The number of carboxylic acid groups (broad SMARTS) is 1. The first-order valence-corrected chi connectivity index (χ1v) is 13.2. The highest BCUT2D eigenvalue weighted by Gasteiger charge is 2.41. The molecule has 2 amide bonds. The second-order valence-electron chi connectivity index (χ2n) is 8.50. The van der Waals surface area contributed by atoms with Crippen molar-refractivity contribution in [1.82, 2.24) is 14.5 Å². The minimum atomic E-state index is -4.06. The predicted octanol–water partition coefficient (Wildman–Crippen LogP) is 2.04. The summed E-state index contributed by atoms with van der Waals surface area (Å²) >= 11 is 0.874. The highest BCUT2D eigenvalue weighted by Crippen LogP contribution is 2.28. The van der Waals surface area contributed by atoms with Crippen LogP contribution in [0.5, 0.6) is 0 Å². The van der Waals surface area contributed by atoms with Gasteiger partial charge in [-0.15, -0.1) is 11.3 Å². The van der Waals surface area contributed by atoms with E-state index in [4.69, 9.17) is 5.11 Å². The van der Waals surface area contributed by atoms with Crippen molar-refractivity contribution >= 4 is 39.1 Å². The molecule has 11 heteroatoms. The van der Waals surface area contributed by atoms with Gasteiger partial charge in [0, 0.05) is 38.0 Å². The third-order valence-corrected chi connectivity index (χ3v) is 9.18. The Morgan fingerprint density at radius 3 is 2.38 bits per heavy atom. The highest BCUT2D eigenvalue weighted by molar-refractivity contribution is 7.91. The first-order chi connectivity index (χ1) is 16.0. The number of thiophene rings is 1. The molecule has 2 N–H and O–H groups in total. The average Bonchev–Trinajstić information content (AvgIpc) is 3.26. The Morgan fingerprint density at radius 2 is 1.79 bits per heavy atom. The Morgan fingerprint density at radius 1 is 1.12 bits per heavy atom. The summed E-state index contributed by atoms with van der Waals surface area (Å²) in [5, 5.41) is 11.8. The maximum Gasteiger partial charge on any atom is 0.308 e. The average molecular weight is 508 g/mol. The van der Waals surface area contributed by atoms with Crippen LogP contribution in [0.25, 0.3) is 0 Å². The van der Waals surface area contributed by atoms with Gasteiger partial charge in [0.05, 0.1) is 6.42 Å². The number of sulfonamides is 1. The van der Waals surface area contributed by atoms with E-state index in [-0.39, 0.29) is 42.7 Å². The molecule has 9 nitrogen and oxygen atoms in total. The zero-order valence-corrected chi connectivity index (χ0v) is 21.0. The lowest BCUT2D eigenvalue weighted by Crippen LogP contribution is -2.61. The van der Waals surface area contributed by atoms with Crippen LogP contribution in [0.3, 0.4) is 0 Å². The number of carboxylic acids is 1. The second-order valence-corrected chi connectivity index (χ2v) is 11.8. The fourth-order valence-corrected chi connectivity index (χ4v) is 6.78. The Hall–Kier alpha value is -2.76. The highest BCUT2D eigenvalue weighted by atomic mass is 32.2. The minimum absolute atomic E-state index is 0.0258. The minimum Gasteiger partial charge on any atom is -0.481 e. The van der Waals surface area contributed by atoms with E-state index in [0.717, 1.165) is 21.2 Å². The van der Waals surface area contributed by atoms with E-state index >= 15 is 0 Å². The van der Waals surface area contributed by atoms with Crippen LogP contribution < -0.4 is 5.32 Å². The third kappa shape index (κ3) is 6.02. The van der Waals surface area contributed by atoms with E-state index in [9.17, 15) is 22.8 Å². The van der Waals surface area contributed by atoms with Gasteiger partial charge in [-0.25, -0.2) is 8.42 Å². The lowest BCUT2D eigenvalue weighted by Gasteiger charge is -2.39. The molecule has 1 aromatic heterocycles. The molecule has 1 fully saturated rings. The summed E-state index contributed by atoms with van der Waals surface area (Å²) < 4.78 is 27.8. The molecule has 0 bridgehead atoms. The molecule has 2 aromatic rings. The lowest BCUT2D eigenvalue weighted by molar-refractivity contribution is -0.136. The van der Waals surface area contributed by atoms with Crippen molar-refractivity contribution in [2.24, 2.45) is 0 Å². The zero-order chi connectivity index (χ0) is 25.0. The predicted molar refractivity (Wildman–Crippen MR) is 128 cm³/mol. The quantitative estimate of drug-likeness (QED) is 0.564. The van der Waals surface area contributed by atoms with Crippen LogP contribution in [0.4, 0.5) is 0 Å². The number of hydrogen-bond acceptors (Lipinski definition) is 6. The van der Waals surface area contributed by atoms with Crippen LogP contribution >= 0.6 is 11.3 Å². The Labute approximate surface area is 203 Å². The number of aliphatic carboxylic acids is 1. The molecule has 1 atom stereocenters. The number of benzene rings is 1. The second kappa shape index (κ2) is 10.7. The van der Waals surface area contributed by atoms with Crippen LogP contribution in [0.1, 0.15) is 42.7 Å². The van der Waals surface area contributed by atoms with Crippen molar-refractivity contribution in [2.45, 2.75) is 49.9 Å². The van der Waals surface area contributed by atoms with Crippen molar-refractivity contribution in [3.63, 3.8) is 0 Å². The van der Waals surface area contributed by atoms with Gasteiger partial charge in [-0.05, 0) is 29.2 Å². The maximum atomic E-state index is 13.4. The number of nitrogens with zero attached hydrogens (tertiary/aromatic N) is 2. The summed E-state index contributed by atoms with van der Waals surface area (Å²) in [6.07, 6.45) is -0.280. The Balaban J connectivity index is 1.79. The van der Waals surface area contributed by atoms with Crippen LogP contribution in [-0.2, 0) is 37.4 Å². The molecule has 0 saturated carbocycles. The van der Waals surface area contributed by atoms with Gasteiger partial charge in [0.1, 0.15) is 10.3 Å². The smallest absolute Gasteiger partial charge is 0.308 e. The summed E-state index contributed by atoms with van der Waals surface area (Å²) in [4.78, 5) is 37.9. The summed E-state index contributed by atoms with van der Waals surface area (Å²) in [6, 6.07) is 9.56. The normalized spacial score (nSPS) is 17.1. The van der Waals surface area contributed by atoms with Gasteiger partial charge >= 0.3 is 5.97 Å². The van der Waals surface area contributed by atoms with Gasteiger partial charge in [0.15, 0.2) is 0 Å². The van der Waals surface area contributed by atoms with E-state index in [2.05, 4.69) is 19.2 Å². The van der Waals surface area contributed by atoms with Crippen molar-refractivity contribution < 1.29 is 27.9 Å². The maximum absolute atomic E-state index is 13.4. The Bertz CT molecular complexity index is 1160. The molecule has 34 heavy (non-hydrogen) atoms. The van der Waals surface area contributed by atoms with Gasteiger partial charge in [-0.2, -0.15) is 4.31 Å². The van der Waals surface area contributed by atoms with Crippen LogP contribution in [0.15, 0.2) is 40.6 Å². The number of carbonyl (C=O) groups is 3. The SMILES string of the molecule is CC(=O)N1CCN(S(=O)(=O)c2ccc(CC(=O)O)s2)C(C(=O)NCc2ccc(C(C)C)cc2)C1. The van der Waals surface area contributed by atoms with E-state index in [1.54, 1.807) is 0 Å². The van der Waals surface area contributed by atoms with E-state index in [1.807, 2.05) is 24.3 Å². The number of hydrogen-bond donors (Lipinski definition) is 2. The molecule has 0 aliphatic carbocycles. The third-order valence-electron chi connectivity index (χ3n) is 5.72. The molecule has 3 rings (SSSR count). The standard InChI is InChI=1S/C23H29N3O6S2/c1-15(2)18-6-4-17(5-7-18)13-24-23(30)20-14-25(16(3)27)10-11-26(20)34(31,32)22-9-8-19(33-22)12-21(28)29/h4-9,15,20H,10-14H2,1-3H3,(H,24,30)(H,28,29). The van der Waals surface area contributed by atoms with Gasteiger partial charge in [-0.1, -0.05) is 38.1 Å². The summed E-state index contributed by atoms with van der Waals surface area (Å²) in [7, 11) is -4.06. The molecule has 1 aliphatic rings. The van der Waals surface area contributed by atoms with E-state index in [0.29, 0.717) is 10.8 Å². The van der Waals surface area contributed by atoms with Crippen LogP contribution in [-0.4, -0.2) is 66.2 Å². The van der Waals surface area contributed by atoms with Gasteiger partial charge in [-0.3, -0.25) is 14.4 Å². The fraction of sp³-hybridized carbons (Fsp3) is 0.435. The van der Waals surface area contributed by atoms with Crippen molar-refractivity contribution in [3.05, 3.63) is 52.4 Å². The first-order valence-electron chi connectivity index (χ1n) is 10.9. The zero-order valence-electron chi connectivity index (χ0n) is 19.4. The molecule has 0 radical (unpaired) electrons. The molecular weight excluding hydrogens is 478 g/mol. The van der Waals surface area contributed by atoms with Crippen LogP contribution in [0.2, 0.25) is 0 Å². The van der Waals surface area contributed by atoms with Crippen molar-refractivity contribution in [3.8, 4) is 0 Å². The van der Waals surface area contributed by atoms with Crippen molar-refractivity contribution in [2.75, 3.05) is 19.6 Å². The molecular formula is C23H29N3O6S2. The molecule has 1 aliphatic heterocycles.